The van der Waals surface area contributed by atoms with E-state index in [1.807, 2.05) is 11.8 Å². The van der Waals surface area contributed by atoms with Gasteiger partial charge in [-0.05, 0) is 25.5 Å². The molecule has 2 aliphatic heterocycles. The number of carboxylic acids is 1. The average molecular weight is 349 g/mol. The van der Waals surface area contributed by atoms with Crippen LogP contribution >= 0.6 is 11.8 Å². The lowest BCUT2D eigenvalue weighted by Crippen LogP contribution is -2.29. The van der Waals surface area contributed by atoms with E-state index in [1.165, 1.54) is 11.8 Å². The second-order valence-electron chi connectivity index (χ2n) is 6.22. The summed E-state index contributed by atoms with van der Waals surface area (Å²) < 4.78 is 16.4. The fourth-order valence-electron chi connectivity index (χ4n) is 3.47. The molecule has 24 heavy (non-hydrogen) atoms. The summed E-state index contributed by atoms with van der Waals surface area (Å²) in [5.74, 6) is -1.80. The molecule has 126 valence electrons. The van der Waals surface area contributed by atoms with E-state index in [2.05, 4.69) is 0 Å². The highest BCUT2D eigenvalue weighted by molar-refractivity contribution is 8.00. The molecule has 1 fully saturated rings. The highest BCUT2D eigenvalue weighted by Crippen LogP contribution is 2.46. The number of rotatable bonds is 2. The molecule has 4 rings (SSSR count). The summed E-state index contributed by atoms with van der Waals surface area (Å²) in [6.45, 7) is 3.15. The van der Waals surface area contributed by atoms with Crippen molar-refractivity contribution in [3.05, 3.63) is 33.7 Å². The number of hydrogen-bond donors (Lipinski definition) is 2. The summed E-state index contributed by atoms with van der Waals surface area (Å²) in [6, 6.07) is 2.82. The van der Waals surface area contributed by atoms with Crippen LogP contribution in [0.5, 0.6) is 0 Å². The summed E-state index contributed by atoms with van der Waals surface area (Å²) >= 11 is 1.34. The molecule has 2 aliphatic rings. The van der Waals surface area contributed by atoms with Crippen molar-refractivity contribution in [3.8, 4) is 0 Å². The fourth-order valence-corrected chi connectivity index (χ4v) is 4.63. The quantitative estimate of drug-likeness (QED) is 0.862. The van der Waals surface area contributed by atoms with Crippen molar-refractivity contribution < 1.29 is 14.3 Å². The van der Waals surface area contributed by atoms with Crippen molar-refractivity contribution in [3.63, 3.8) is 0 Å². The zero-order valence-electron chi connectivity index (χ0n) is 13.0. The van der Waals surface area contributed by atoms with Gasteiger partial charge in [0.15, 0.2) is 0 Å². The fraction of sp³-hybridized carbons (Fsp3) is 0.375. The first-order chi connectivity index (χ1) is 11.4. The third-order valence-electron chi connectivity index (χ3n) is 4.65. The SMILES string of the molecule is CC1Sc2c(C(=O)O)c(=O)c3cc(F)c(N4CCC(N)C4)cc3n21. The van der Waals surface area contributed by atoms with Gasteiger partial charge in [-0.2, -0.15) is 0 Å². The molecule has 0 spiro atoms. The van der Waals surface area contributed by atoms with Crippen molar-refractivity contribution >= 4 is 34.3 Å². The molecular weight excluding hydrogens is 333 g/mol. The van der Waals surface area contributed by atoms with Crippen LogP contribution in [0.3, 0.4) is 0 Å². The zero-order valence-corrected chi connectivity index (χ0v) is 13.8. The van der Waals surface area contributed by atoms with Crippen molar-refractivity contribution in [2.24, 2.45) is 5.73 Å². The molecule has 3 N–H and O–H groups in total. The number of pyridine rings is 1. The van der Waals surface area contributed by atoms with Gasteiger partial charge in [-0.3, -0.25) is 4.79 Å². The number of nitrogens with zero attached hydrogens (tertiary/aromatic N) is 2. The Kier molecular flexibility index (Phi) is 3.36. The number of fused-ring (bicyclic) bond motifs is 3. The van der Waals surface area contributed by atoms with Crippen molar-refractivity contribution in [2.75, 3.05) is 18.0 Å². The number of thioether (sulfide) groups is 1. The molecule has 8 heteroatoms. The molecule has 0 saturated carbocycles. The molecule has 1 aromatic carbocycles. The number of hydrogen-bond acceptors (Lipinski definition) is 5. The standard InChI is InChI=1S/C16H16FN3O3S/c1-7-20-11-5-12(19-3-2-8(18)6-19)10(17)4-9(11)14(21)13(16(22)23)15(20)24-7/h4-5,7-8H,2-3,6,18H2,1H3,(H,22,23). The molecule has 0 amide bonds. The first-order valence-corrected chi connectivity index (χ1v) is 8.58. The van der Waals surface area contributed by atoms with E-state index in [9.17, 15) is 19.1 Å². The van der Waals surface area contributed by atoms with Crippen LogP contribution in [0, 0.1) is 5.82 Å². The topological polar surface area (TPSA) is 88.6 Å². The van der Waals surface area contributed by atoms with Crippen LogP contribution in [0.1, 0.15) is 29.1 Å². The van der Waals surface area contributed by atoms with Crippen LogP contribution in [-0.2, 0) is 0 Å². The Bertz CT molecular complexity index is 943. The number of anilines is 1. The maximum absolute atomic E-state index is 14.6. The minimum absolute atomic E-state index is 0.000321. The third kappa shape index (κ3) is 2.06. The summed E-state index contributed by atoms with van der Waals surface area (Å²) in [7, 11) is 0. The minimum Gasteiger partial charge on any atom is -0.477 e. The van der Waals surface area contributed by atoms with Crippen molar-refractivity contribution in [2.45, 2.75) is 29.8 Å². The Morgan fingerprint density at radius 1 is 1.46 bits per heavy atom. The monoisotopic (exact) mass is 349 g/mol. The lowest BCUT2D eigenvalue weighted by molar-refractivity contribution is 0.0689. The third-order valence-corrected chi connectivity index (χ3v) is 5.83. The van der Waals surface area contributed by atoms with Gasteiger partial charge >= 0.3 is 5.97 Å². The Morgan fingerprint density at radius 3 is 2.79 bits per heavy atom. The van der Waals surface area contributed by atoms with E-state index in [4.69, 9.17) is 5.73 Å². The number of carbonyl (C=O) groups is 1. The molecule has 2 atom stereocenters. The van der Waals surface area contributed by atoms with Crippen molar-refractivity contribution in [1.29, 1.82) is 0 Å². The van der Waals surface area contributed by atoms with Gasteiger partial charge in [0, 0.05) is 24.5 Å². The molecule has 3 heterocycles. The summed E-state index contributed by atoms with van der Waals surface area (Å²) in [6.07, 6.45) is 0.791. The van der Waals surface area contributed by atoms with E-state index in [-0.39, 0.29) is 22.4 Å². The lowest BCUT2D eigenvalue weighted by Gasteiger charge is -2.33. The number of halogens is 1. The van der Waals surface area contributed by atoms with Gasteiger partial charge < -0.3 is 20.3 Å². The molecule has 0 radical (unpaired) electrons. The molecule has 2 aromatic rings. The largest absolute Gasteiger partial charge is 0.477 e. The molecule has 0 bridgehead atoms. The van der Waals surface area contributed by atoms with E-state index < -0.39 is 17.2 Å². The molecule has 0 aliphatic carbocycles. The average Bonchev–Trinajstić information content (AvgIpc) is 2.93. The summed E-state index contributed by atoms with van der Waals surface area (Å²) in [4.78, 5) is 25.8. The Balaban J connectivity index is 2.00. The van der Waals surface area contributed by atoms with Gasteiger partial charge in [0.2, 0.25) is 5.43 Å². The molecule has 6 nitrogen and oxygen atoms in total. The maximum atomic E-state index is 14.6. The van der Waals surface area contributed by atoms with E-state index >= 15 is 0 Å². The van der Waals surface area contributed by atoms with Gasteiger partial charge in [-0.25, -0.2) is 9.18 Å². The van der Waals surface area contributed by atoms with Crippen LogP contribution in [0.4, 0.5) is 10.1 Å². The van der Waals surface area contributed by atoms with Gasteiger partial charge in [-0.15, -0.1) is 0 Å². The van der Waals surface area contributed by atoms with Crippen LogP contribution in [0.25, 0.3) is 10.9 Å². The van der Waals surface area contributed by atoms with Gasteiger partial charge in [0.25, 0.3) is 0 Å². The Labute approximate surface area is 141 Å². The first kappa shape index (κ1) is 15.5. The van der Waals surface area contributed by atoms with Gasteiger partial charge in [-0.1, -0.05) is 11.8 Å². The van der Waals surface area contributed by atoms with Crippen molar-refractivity contribution in [1.82, 2.24) is 4.57 Å². The van der Waals surface area contributed by atoms with Crippen LogP contribution in [0.2, 0.25) is 0 Å². The Hall–Kier alpha value is -2.06. The number of aromatic carboxylic acids is 1. The number of aromatic nitrogens is 1. The molecule has 2 unspecified atom stereocenters. The Morgan fingerprint density at radius 2 is 2.21 bits per heavy atom. The van der Waals surface area contributed by atoms with Crippen LogP contribution in [-0.4, -0.2) is 34.8 Å². The first-order valence-electron chi connectivity index (χ1n) is 7.70. The highest BCUT2D eigenvalue weighted by Gasteiger charge is 2.33. The molecule has 1 aromatic heterocycles. The van der Waals surface area contributed by atoms with Crippen LogP contribution < -0.4 is 16.1 Å². The molecule has 1 saturated heterocycles. The number of benzene rings is 1. The second kappa shape index (κ2) is 5.22. The van der Waals surface area contributed by atoms with Crippen LogP contribution in [0.15, 0.2) is 22.0 Å². The smallest absolute Gasteiger partial charge is 0.342 e. The number of nitrogens with two attached hydrogens (primary N) is 1. The van der Waals surface area contributed by atoms with E-state index in [0.717, 1.165) is 12.5 Å². The maximum Gasteiger partial charge on any atom is 0.342 e. The van der Waals surface area contributed by atoms with E-state index in [0.29, 0.717) is 29.3 Å². The number of carboxylic acid groups (broad SMARTS) is 1. The normalized spacial score (nSPS) is 22.5. The predicted octanol–water partition coefficient (Wildman–Crippen LogP) is 2.00. The highest BCUT2D eigenvalue weighted by atomic mass is 32.2. The van der Waals surface area contributed by atoms with Gasteiger partial charge in [0.1, 0.15) is 11.4 Å². The molecular formula is C16H16FN3O3S. The summed E-state index contributed by atoms with van der Waals surface area (Å²) in [5.41, 5.74) is 5.98. The zero-order chi connectivity index (χ0) is 17.2. The van der Waals surface area contributed by atoms with Gasteiger partial charge in [0.05, 0.1) is 21.6 Å². The van der Waals surface area contributed by atoms with E-state index in [1.54, 1.807) is 10.6 Å². The lowest BCUT2D eigenvalue weighted by atomic mass is 10.1. The summed E-state index contributed by atoms with van der Waals surface area (Å²) in [5, 5.41) is 9.87. The predicted molar refractivity (Wildman–Crippen MR) is 90.5 cm³/mol. The second-order valence-corrected chi connectivity index (χ2v) is 7.52. The minimum atomic E-state index is -1.28.